The van der Waals surface area contributed by atoms with Gasteiger partial charge in [-0.3, -0.25) is 0 Å². The van der Waals surface area contributed by atoms with Crippen LogP contribution in [-0.4, -0.2) is 24.1 Å². The van der Waals surface area contributed by atoms with Gasteiger partial charge in [-0.25, -0.2) is 15.0 Å². The SMILES string of the molecule is N#Cc1cccc2c1c1c(-c3cccc4c3c3ccccc3n4-c3cc(-c4ccccc4)ccc3-c3nc(-c4ccccc4)nc(-c4ccccc4)n3)cccc1n2C1=CCCC=C1. The van der Waals surface area contributed by atoms with Crippen LogP contribution in [0.5, 0.6) is 0 Å². The van der Waals surface area contributed by atoms with Crippen LogP contribution in [0, 0.1) is 11.3 Å². The second-order valence-corrected chi connectivity index (χ2v) is 16.1. The average Bonchev–Trinajstić information content (AvgIpc) is 3.90. The molecule has 0 saturated heterocycles. The Morgan fingerprint density at radius 2 is 0.984 bits per heavy atom. The van der Waals surface area contributed by atoms with Crippen molar-refractivity contribution in [2.24, 2.45) is 0 Å². The maximum absolute atomic E-state index is 10.6. The highest BCUT2D eigenvalue weighted by Gasteiger charge is 2.24. The van der Waals surface area contributed by atoms with Crippen LogP contribution in [0.2, 0.25) is 0 Å². The lowest BCUT2D eigenvalue weighted by atomic mass is 9.94. The molecule has 0 radical (unpaired) electrons. The minimum absolute atomic E-state index is 0.581. The number of allylic oxidation sites excluding steroid dienone is 4. The van der Waals surface area contributed by atoms with Gasteiger partial charge in [-0.1, -0.05) is 158 Å². The van der Waals surface area contributed by atoms with Crippen molar-refractivity contribution in [1.29, 1.82) is 5.26 Å². The van der Waals surface area contributed by atoms with E-state index in [0.29, 0.717) is 23.0 Å². The molecule has 0 N–H and O–H groups in total. The summed E-state index contributed by atoms with van der Waals surface area (Å²) in [6.07, 6.45) is 8.75. The van der Waals surface area contributed by atoms with E-state index >= 15 is 0 Å². The van der Waals surface area contributed by atoms with E-state index in [-0.39, 0.29) is 0 Å². The first-order valence-electron chi connectivity index (χ1n) is 21.7. The lowest BCUT2D eigenvalue weighted by Crippen LogP contribution is -2.04. The summed E-state index contributed by atoms with van der Waals surface area (Å²) in [5.74, 6) is 1.79. The molecule has 0 bridgehead atoms. The van der Waals surface area contributed by atoms with E-state index < -0.39 is 0 Å². The molecule has 64 heavy (non-hydrogen) atoms. The first-order valence-corrected chi connectivity index (χ1v) is 21.7. The predicted octanol–water partition coefficient (Wildman–Crippen LogP) is 14.5. The summed E-state index contributed by atoms with van der Waals surface area (Å²) in [5.41, 5.74) is 14.0. The molecule has 0 saturated carbocycles. The van der Waals surface area contributed by atoms with Crippen LogP contribution in [-0.2, 0) is 0 Å². The monoisotopic (exact) mass is 818 g/mol. The predicted molar refractivity (Wildman–Crippen MR) is 262 cm³/mol. The van der Waals surface area contributed by atoms with Crippen LogP contribution in [0.25, 0.3) is 111 Å². The minimum atomic E-state index is 0.581. The number of hydrogen-bond donors (Lipinski definition) is 0. The van der Waals surface area contributed by atoms with Crippen molar-refractivity contribution in [2.45, 2.75) is 12.8 Å². The van der Waals surface area contributed by atoms with Gasteiger partial charge in [0.25, 0.3) is 0 Å². The molecule has 3 heterocycles. The summed E-state index contributed by atoms with van der Waals surface area (Å²) in [6.45, 7) is 0. The fourth-order valence-corrected chi connectivity index (χ4v) is 9.62. The van der Waals surface area contributed by atoms with Crippen LogP contribution in [0.3, 0.4) is 0 Å². The second kappa shape index (κ2) is 15.4. The van der Waals surface area contributed by atoms with E-state index in [1.807, 2.05) is 72.8 Å². The molecule has 0 spiro atoms. The molecule has 0 aliphatic heterocycles. The van der Waals surface area contributed by atoms with Gasteiger partial charge in [0, 0.05) is 43.9 Å². The third-order valence-electron chi connectivity index (χ3n) is 12.4. The normalized spacial score (nSPS) is 12.6. The van der Waals surface area contributed by atoms with Gasteiger partial charge in [-0.05, 0) is 83.6 Å². The Balaban J connectivity index is 1.16. The molecule has 1 aliphatic rings. The van der Waals surface area contributed by atoms with Crippen LogP contribution in [0.4, 0.5) is 0 Å². The van der Waals surface area contributed by atoms with E-state index in [1.165, 1.54) is 0 Å². The highest BCUT2D eigenvalue weighted by atomic mass is 15.1. The van der Waals surface area contributed by atoms with Gasteiger partial charge in [0.05, 0.1) is 39.4 Å². The van der Waals surface area contributed by atoms with E-state index in [4.69, 9.17) is 15.0 Å². The molecule has 1 aliphatic carbocycles. The quantitative estimate of drug-likeness (QED) is 0.161. The van der Waals surface area contributed by atoms with Gasteiger partial charge in [-0.2, -0.15) is 5.26 Å². The van der Waals surface area contributed by atoms with E-state index in [1.54, 1.807) is 0 Å². The molecule has 6 nitrogen and oxygen atoms in total. The molecule has 0 atom stereocenters. The van der Waals surface area contributed by atoms with Crippen molar-refractivity contribution in [3.05, 3.63) is 212 Å². The Morgan fingerprint density at radius 3 is 1.64 bits per heavy atom. The van der Waals surface area contributed by atoms with Crippen molar-refractivity contribution in [2.75, 3.05) is 0 Å². The topological polar surface area (TPSA) is 72.3 Å². The van der Waals surface area contributed by atoms with Crippen LogP contribution >= 0.6 is 0 Å². The Kier molecular flexibility index (Phi) is 8.91. The Hall–Kier alpha value is -8.66. The Morgan fingerprint density at radius 1 is 0.422 bits per heavy atom. The molecule has 0 fully saturated rings. The number of hydrogen-bond acceptors (Lipinski definition) is 4. The van der Waals surface area contributed by atoms with Gasteiger partial charge in [0.2, 0.25) is 0 Å². The summed E-state index contributed by atoms with van der Waals surface area (Å²) in [6, 6.07) is 67.8. The zero-order valence-corrected chi connectivity index (χ0v) is 34.7. The fourth-order valence-electron chi connectivity index (χ4n) is 9.62. The number of nitriles is 1. The smallest absolute Gasteiger partial charge is 0.166 e. The molecular formula is C58H38N6. The fraction of sp³-hybridized carbons (Fsp3) is 0.0345. The van der Waals surface area contributed by atoms with Gasteiger partial charge in [0.15, 0.2) is 17.5 Å². The summed E-state index contributed by atoms with van der Waals surface area (Å²) in [5, 5.41) is 14.9. The maximum atomic E-state index is 10.6. The average molecular weight is 819 g/mol. The van der Waals surface area contributed by atoms with Gasteiger partial charge in [-0.15, -0.1) is 0 Å². The number of aromatic nitrogens is 5. The molecular weight excluding hydrogens is 781 g/mol. The van der Waals surface area contributed by atoms with Crippen molar-refractivity contribution >= 4 is 49.3 Å². The van der Waals surface area contributed by atoms with Crippen LogP contribution in [0.1, 0.15) is 18.4 Å². The van der Waals surface area contributed by atoms with Gasteiger partial charge >= 0.3 is 0 Å². The van der Waals surface area contributed by atoms with Crippen molar-refractivity contribution in [3.8, 4) is 68.2 Å². The lowest BCUT2D eigenvalue weighted by molar-refractivity contribution is 1.02. The van der Waals surface area contributed by atoms with E-state index in [2.05, 4.69) is 149 Å². The van der Waals surface area contributed by atoms with Gasteiger partial charge in [0.1, 0.15) is 0 Å². The van der Waals surface area contributed by atoms with E-state index in [9.17, 15) is 5.26 Å². The Labute approximate surface area is 370 Å². The number of nitrogens with zero attached hydrogens (tertiary/aromatic N) is 6. The zero-order chi connectivity index (χ0) is 42.6. The molecule has 3 aromatic heterocycles. The molecule has 11 aromatic rings. The molecule has 6 heteroatoms. The Bertz CT molecular complexity index is 3660. The first-order chi connectivity index (χ1) is 31.7. The lowest BCUT2D eigenvalue weighted by Gasteiger charge is -2.17. The zero-order valence-electron chi connectivity index (χ0n) is 34.7. The highest BCUT2D eigenvalue weighted by Crippen LogP contribution is 2.46. The molecule has 300 valence electrons. The standard InChI is InChI=1S/C58H38N6/c59-37-42-24-15-31-49-53(42)55-45(29-17-33-51(55)63(49)43-25-11-4-12-26-43)44-28-16-32-50-54(44)46-27-13-14-30-48(46)64(50)52-36-41(38-18-5-1-6-19-38)34-35-47(52)58-61-56(39-20-7-2-8-21-39)60-57(62-58)40-22-9-3-10-23-40/h1-3,5-11,13-36H,4,12H2. The summed E-state index contributed by atoms with van der Waals surface area (Å²) < 4.78 is 4.71. The van der Waals surface area contributed by atoms with Crippen molar-refractivity contribution in [1.82, 2.24) is 24.1 Å². The highest BCUT2D eigenvalue weighted by molar-refractivity contribution is 6.23. The van der Waals surface area contributed by atoms with Crippen molar-refractivity contribution < 1.29 is 0 Å². The number of para-hydroxylation sites is 1. The molecule has 8 aromatic carbocycles. The largest absolute Gasteiger partial charge is 0.310 e. The van der Waals surface area contributed by atoms with Crippen molar-refractivity contribution in [3.63, 3.8) is 0 Å². The van der Waals surface area contributed by atoms with Crippen LogP contribution in [0.15, 0.2) is 206 Å². The molecule has 0 amide bonds. The third kappa shape index (κ3) is 6.06. The third-order valence-corrected chi connectivity index (χ3v) is 12.4. The molecule has 0 unspecified atom stereocenters. The maximum Gasteiger partial charge on any atom is 0.166 e. The number of fused-ring (bicyclic) bond motifs is 6. The van der Waals surface area contributed by atoms with Crippen LogP contribution < -0.4 is 0 Å². The summed E-state index contributed by atoms with van der Waals surface area (Å²) in [4.78, 5) is 15.5. The summed E-state index contributed by atoms with van der Waals surface area (Å²) in [7, 11) is 0. The van der Waals surface area contributed by atoms with E-state index in [0.717, 1.165) is 107 Å². The second-order valence-electron chi connectivity index (χ2n) is 16.1. The summed E-state index contributed by atoms with van der Waals surface area (Å²) >= 11 is 0. The first kappa shape index (κ1) is 37.1. The molecule has 12 rings (SSSR count). The number of rotatable bonds is 7. The minimum Gasteiger partial charge on any atom is -0.310 e. The number of benzene rings is 8. The van der Waals surface area contributed by atoms with Gasteiger partial charge < -0.3 is 9.13 Å².